The molecule has 1 saturated carbocycles. The summed E-state index contributed by atoms with van der Waals surface area (Å²) in [6.45, 7) is 2.36. The molecule has 1 N–H and O–H groups in total. The van der Waals surface area contributed by atoms with Crippen LogP contribution < -0.4 is 5.32 Å². The average Bonchev–Trinajstić information content (AvgIpc) is 2.79. The number of hydrogen-bond donors (Lipinski definition) is 1. The van der Waals surface area contributed by atoms with Gasteiger partial charge in [0.25, 0.3) is 0 Å². The molecule has 0 amide bonds. The highest BCUT2D eigenvalue weighted by atomic mass is 16.5. The summed E-state index contributed by atoms with van der Waals surface area (Å²) < 4.78 is 11.2. The predicted octanol–water partition coefficient (Wildman–Crippen LogP) is 3.10. The monoisotopic (exact) mass is 237 g/mol. The fourth-order valence-corrected chi connectivity index (χ4v) is 2.48. The van der Waals surface area contributed by atoms with Gasteiger partial charge < -0.3 is 14.5 Å². The molecule has 1 fully saturated rings. The van der Waals surface area contributed by atoms with E-state index in [1.54, 1.807) is 6.26 Å². The van der Waals surface area contributed by atoms with Gasteiger partial charge in [-0.15, -0.1) is 0 Å². The van der Waals surface area contributed by atoms with E-state index in [0.29, 0.717) is 6.61 Å². The molecule has 0 aliphatic heterocycles. The minimum atomic E-state index is 0.611. The van der Waals surface area contributed by atoms with Crippen LogP contribution in [0.15, 0.2) is 16.7 Å². The van der Waals surface area contributed by atoms with Crippen molar-refractivity contribution in [3.8, 4) is 0 Å². The van der Waals surface area contributed by atoms with Gasteiger partial charge in [0.05, 0.1) is 6.26 Å². The smallest absolute Gasteiger partial charge is 0.129 e. The molecule has 0 unspecified atom stereocenters. The van der Waals surface area contributed by atoms with Crippen LogP contribution in [0, 0.1) is 5.92 Å². The molecule has 1 heterocycles. The lowest BCUT2D eigenvalue weighted by atomic mass is 9.90. The third-order valence-corrected chi connectivity index (χ3v) is 3.41. The molecule has 1 aromatic rings. The highest BCUT2D eigenvalue weighted by Gasteiger charge is 2.13. The van der Waals surface area contributed by atoms with Crippen molar-refractivity contribution in [2.24, 2.45) is 5.92 Å². The van der Waals surface area contributed by atoms with E-state index in [1.807, 2.05) is 7.05 Å². The molecule has 0 saturated heterocycles. The number of hydrogen-bond acceptors (Lipinski definition) is 3. The summed E-state index contributed by atoms with van der Waals surface area (Å²) >= 11 is 0. The largest absolute Gasteiger partial charge is 0.467 e. The first-order valence-electron chi connectivity index (χ1n) is 6.67. The van der Waals surface area contributed by atoms with Crippen LogP contribution in [0.25, 0.3) is 0 Å². The molecular weight excluding hydrogens is 214 g/mol. The Labute approximate surface area is 104 Å². The predicted molar refractivity (Wildman–Crippen MR) is 67.7 cm³/mol. The minimum absolute atomic E-state index is 0.611. The Morgan fingerprint density at radius 2 is 2.18 bits per heavy atom. The van der Waals surface area contributed by atoms with E-state index in [9.17, 15) is 0 Å². The number of rotatable bonds is 6. The van der Waals surface area contributed by atoms with Gasteiger partial charge in [0, 0.05) is 18.7 Å². The van der Waals surface area contributed by atoms with E-state index in [1.165, 1.54) is 37.7 Å². The lowest BCUT2D eigenvalue weighted by molar-refractivity contribution is 0.0637. The van der Waals surface area contributed by atoms with Crippen LogP contribution in [0.5, 0.6) is 0 Å². The van der Waals surface area contributed by atoms with Crippen LogP contribution in [0.4, 0.5) is 0 Å². The van der Waals surface area contributed by atoms with Crippen molar-refractivity contribution in [1.29, 1.82) is 0 Å². The highest BCUT2D eigenvalue weighted by Crippen LogP contribution is 2.24. The summed E-state index contributed by atoms with van der Waals surface area (Å²) in [5.41, 5.74) is 1.18. The fourth-order valence-electron chi connectivity index (χ4n) is 2.48. The fraction of sp³-hybridized carbons (Fsp3) is 0.714. The third kappa shape index (κ3) is 4.17. The molecule has 0 spiro atoms. The van der Waals surface area contributed by atoms with E-state index in [0.717, 1.165) is 24.8 Å². The van der Waals surface area contributed by atoms with Crippen LogP contribution in [0.3, 0.4) is 0 Å². The first-order chi connectivity index (χ1) is 8.38. The van der Waals surface area contributed by atoms with Crippen molar-refractivity contribution < 1.29 is 9.15 Å². The van der Waals surface area contributed by atoms with Crippen molar-refractivity contribution >= 4 is 0 Å². The summed E-state index contributed by atoms with van der Waals surface area (Å²) in [6.07, 6.45) is 8.63. The maximum absolute atomic E-state index is 5.74. The number of nitrogens with one attached hydrogen (secondary N) is 1. The Morgan fingerprint density at radius 1 is 1.35 bits per heavy atom. The second kappa shape index (κ2) is 6.82. The molecule has 3 heteroatoms. The summed E-state index contributed by atoms with van der Waals surface area (Å²) in [4.78, 5) is 0. The van der Waals surface area contributed by atoms with Crippen molar-refractivity contribution in [3.05, 3.63) is 23.7 Å². The lowest BCUT2D eigenvalue weighted by Crippen LogP contribution is -2.13. The SMILES string of the molecule is CNCc1coc(COCC2CCCCC2)c1. The van der Waals surface area contributed by atoms with Crippen molar-refractivity contribution in [2.45, 2.75) is 45.3 Å². The quantitative estimate of drug-likeness (QED) is 0.825. The molecule has 3 nitrogen and oxygen atoms in total. The topological polar surface area (TPSA) is 34.4 Å². The van der Waals surface area contributed by atoms with E-state index in [2.05, 4.69) is 11.4 Å². The van der Waals surface area contributed by atoms with Gasteiger partial charge in [-0.3, -0.25) is 0 Å². The van der Waals surface area contributed by atoms with Gasteiger partial charge in [0.15, 0.2) is 0 Å². The molecule has 17 heavy (non-hydrogen) atoms. The van der Waals surface area contributed by atoms with Crippen molar-refractivity contribution in [3.63, 3.8) is 0 Å². The van der Waals surface area contributed by atoms with Gasteiger partial charge in [-0.2, -0.15) is 0 Å². The van der Waals surface area contributed by atoms with Crippen LogP contribution in [-0.2, 0) is 17.9 Å². The molecule has 0 atom stereocenters. The van der Waals surface area contributed by atoms with E-state index >= 15 is 0 Å². The molecule has 1 aliphatic carbocycles. The Morgan fingerprint density at radius 3 is 2.94 bits per heavy atom. The second-order valence-corrected chi connectivity index (χ2v) is 4.97. The standard InChI is InChI=1S/C14H23NO2/c1-15-8-13-7-14(17-10-13)11-16-9-12-5-3-2-4-6-12/h7,10,12,15H,2-6,8-9,11H2,1H3. The number of furan rings is 1. The van der Waals surface area contributed by atoms with Crippen LogP contribution in [-0.4, -0.2) is 13.7 Å². The van der Waals surface area contributed by atoms with E-state index in [-0.39, 0.29) is 0 Å². The zero-order chi connectivity index (χ0) is 11.9. The van der Waals surface area contributed by atoms with Gasteiger partial charge in [0.1, 0.15) is 12.4 Å². The Bertz CT molecular complexity index is 316. The Hall–Kier alpha value is -0.800. The molecule has 1 aliphatic rings. The second-order valence-electron chi connectivity index (χ2n) is 4.97. The first-order valence-corrected chi connectivity index (χ1v) is 6.67. The van der Waals surface area contributed by atoms with E-state index < -0.39 is 0 Å². The summed E-state index contributed by atoms with van der Waals surface area (Å²) in [7, 11) is 1.94. The molecule has 1 aromatic heterocycles. The van der Waals surface area contributed by atoms with Crippen molar-refractivity contribution in [2.75, 3.05) is 13.7 Å². The maximum atomic E-state index is 5.74. The molecule has 0 aromatic carbocycles. The zero-order valence-corrected chi connectivity index (χ0v) is 10.7. The highest BCUT2D eigenvalue weighted by molar-refractivity contribution is 5.11. The van der Waals surface area contributed by atoms with E-state index in [4.69, 9.17) is 9.15 Å². The molecular formula is C14H23NO2. The number of ether oxygens (including phenoxy) is 1. The van der Waals surface area contributed by atoms with Gasteiger partial charge in [-0.05, 0) is 31.9 Å². The van der Waals surface area contributed by atoms with Crippen LogP contribution >= 0.6 is 0 Å². The van der Waals surface area contributed by atoms with Crippen molar-refractivity contribution in [1.82, 2.24) is 5.32 Å². The molecule has 2 rings (SSSR count). The van der Waals surface area contributed by atoms with Crippen LogP contribution in [0.2, 0.25) is 0 Å². The Kier molecular flexibility index (Phi) is 5.08. The average molecular weight is 237 g/mol. The molecule has 0 radical (unpaired) electrons. The first kappa shape index (κ1) is 12.7. The van der Waals surface area contributed by atoms with Gasteiger partial charge >= 0.3 is 0 Å². The normalized spacial score (nSPS) is 17.5. The maximum Gasteiger partial charge on any atom is 0.129 e. The molecule has 96 valence electrons. The molecule has 0 bridgehead atoms. The van der Waals surface area contributed by atoms with Crippen LogP contribution in [0.1, 0.15) is 43.4 Å². The van der Waals surface area contributed by atoms with Gasteiger partial charge in [-0.1, -0.05) is 19.3 Å². The van der Waals surface area contributed by atoms with Gasteiger partial charge in [0.2, 0.25) is 0 Å². The summed E-state index contributed by atoms with van der Waals surface area (Å²) in [5.74, 6) is 1.71. The minimum Gasteiger partial charge on any atom is -0.467 e. The third-order valence-electron chi connectivity index (χ3n) is 3.41. The summed E-state index contributed by atoms with van der Waals surface area (Å²) in [6, 6.07) is 2.07. The zero-order valence-electron chi connectivity index (χ0n) is 10.7. The van der Waals surface area contributed by atoms with Gasteiger partial charge in [-0.25, -0.2) is 0 Å². The summed E-state index contributed by atoms with van der Waals surface area (Å²) in [5, 5.41) is 3.10. The lowest BCUT2D eigenvalue weighted by Gasteiger charge is -2.20. The Balaban J connectivity index is 1.66.